The minimum absolute atomic E-state index is 0.284. The number of hydrogen-bond acceptors (Lipinski definition) is 1. The van der Waals surface area contributed by atoms with Gasteiger partial charge in [0, 0.05) is 6.04 Å². The first kappa shape index (κ1) is 10.3. The van der Waals surface area contributed by atoms with E-state index in [-0.39, 0.29) is 6.04 Å². The maximum atomic E-state index is 6.02. The Labute approximate surface area is 94.2 Å². The molecule has 0 bridgehead atoms. The summed E-state index contributed by atoms with van der Waals surface area (Å²) in [6, 6.07) is 6.11. The van der Waals surface area contributed by atoms with Gasteiger partial charge in [-0.15, -0.1) is 0 Å². The first-order chi connectivity index (χ1) is 6.68. The highest BCUT2D eigenvalue weighted by atomic mass is 35.5. The quantitative estimate of drug-likeness (QED) is 0.783. The van der Waals surface area contributed by atoms with Crippen molar-refractivity contribution in [2.75, 3.05) is 0 Å². The fraction of sp³-hybridized carbons (Fsp3) is 0.455. The first-order valence-electron chi connectivity index (χ1n) is 4.89. The number of nitrogens with two attached hydrogens (primary N) is 1. The first-order valence-corrected chi connectivity index (χ1v) is 5.64. The summed E-state index contributed by atoms with van der Waals surface area (Å²) in [5.41, 5.74) is 7.25. The van der Waals surface area contributed by atoms with E-state index in [1.54, 1.807) is 0 Å². The average Bonchev–Trinajstić information content (AvgIpc) is 2.57. The Morgan fingerprint density at radius 2 is 1.93 bits per heavy atom. The number of rotatable bonds is 1. The highest BCUT2D eigenvalue weighted by Crippen LogP contribution is 2.35. The number of benzene rings is 1. The molecular formula is C11H13Cl2N. The Morgan fingerprint density at radius 1 is 1.14 bits per heavy atom. The molecule has 0 heterocycles. The highest BCUT2D eigenvalue weighted by Gasteiger charge is 2.25. The summed E-state index contributed by atoms with van der Waals surface area (Å²) in [4.78, 5) is 0. The van der Waals surface area contributed by atoms with Crippen molar-refractivity contribution < 1.29 is 0 Å². The molecule has 2 N–H and O–H groups in total. The molecule has 0 unspecified atom stereocenters. The van der Waals surface area contributed by atoms with Gasteiger partial charge in [0.25, 0.3) is 0 Å². The molecule has 1 aliphatic carbocycles. The van der Waals surface area contributed by atoms with E-state index in [0.29, 0.717) is 16.0 Å². The number of hydrogen-bond donors (Lipinski definition) is 1. The standard InChI is InChI=1S/C11H13Cl2N/c12-9-5-4-7(6-10(9)13)8-2-1-3-11(8)14/h4-6,8,11H,1-3,14H2/t8-,11+/m0/s1. The van der Waals surface area contributed by atoms with Gasteiger partial charge in [-0.1, -0.05) is 35.7 Å². The molecule has 0 spiro atoms. The smallest absolute Gasteiger partial charge is 0.0595 e. The highest BCUT2D eigenvalue weighted by molar-refractivity contribution is 6.42. The van der Waals surface area contributed by atoms with Crippen LogP contribution in [0.5, 0.6) is 0 Å². The molecule has 1 fully saturated rings. The van der Waals surface area contributed by atoms with Crippen LogP contribution in [0.2, 0.25) is 10.0 Å². The zero-order chi connectivity index (χ0) is 10.1. The molecule has 76 valence electrons. The average molecular weight is 230 g/mol. The monoisotopic (exact) mass is 229 g/mol. The van der Waals surface area contributed by atoms with E-state index >= 15 is 0 Å². The van der Waals surface area contributed by atoms with Gasteiger partial charge in [-0.05, 0) is 36.5 Å². The third-order valence-electron chi connectivity index (χ3n) is 2.94. The van der Waals surface area contributed by atoms with Crippen LogP contribution in [0.1, 0.15) is 30.7 Å². The molecule has 0 amide bonds. The van der Waals surface area contributed by atoms with Crippen LogP contribution in [0.3, 0.4) is 0 Å². The van der Waals surface area contributed by atoms with E-state index in [0.717, 1.165) is 6.42 Å². The summed E-state index contributed by atoms with van der Waals surface area (Å²) in [6.07, 6.45) is 3.50. The van der Waals surface area contributed by atoms with Crippen LogP contribution < -0.4 is 5.73 Å². The van der Waals surface area contributed by atoms with Crippen LogP contribution in [-0.2, 0) is 0 Å². The molecule has 2 rings (SSSR count). The molecule has 3 heteroatoms. The predicted molar refractivity (Wildman–Crippen MR) is 61.0 cm³/mol. The van der Waals surface area contributed by atoms with Crippen molar-refractivity contribution in [3.63, 3.8) is 0 Å². The fourth-order valence-corrected chi connectivity index (χ4v) is 2.45. The normalized spacial score (nSPS) is 26.8. The van der Waals surface area contributed by atoms with Gasteiger partial charge in [0.1, 0.15) is 0 Å². The molecule has 1 saturated carbocycles. The van der Waals surface area contributed by atoms with E-state index in [9.17, 15) is 0 Å². The molecular weight excluding hydrogens is 217 g/mol. The number of halogens is 2. The van der Waals surface area contributed by atoms with Crippen molar-refractivity contribution in [3.8, 4) is 0 Å². The summed E-state index contributed by atoms with van der Waals surface area (Å²) < 4.78 is 0. The van der Waals surface area contributed by atoms with E-state index in [1.165, 1.54) is 18.4 Å². The summed E-state index contributed by atoms with van der Waals surface area (Å²) in [5.74, 6) is 0.463. The largest absolute Gasteiger partial charge is 0.327 e. The SMILES string of the molecule is N[C@@H]1CCC[C@H]1c1ccc(Cl)c(Cl)c1. The third kappa shape index (κ3) is 1.90. The Hall–Kier alpha value is -0.240. The lowest BCUT2D eigenvalue weighted by molar-refractivity contribution is 0.613. The van der Waals surface area contributed by atoms with Gasteiger partial charge in [-0.25, -0.2) is 0 Å². The van der Waals surface area contributed by atoms with E-state index < -0.39 is 0 Å². The van der Waals surface area contributed by atoms with Crippen molar-refractivity contribution in [2.45, 2.75) is 31.2 Å². The van der Waals surface area contributed by atoms with Crippen LogP contribution in [-0.4, -0.2) is 6.04 Å². The topological polar surface area (TPSA) is 26.0 Å². The fourth-order valence-electron chi connectivity index (χ4n) is 2.15. The molecule has 0 radical (unpaired) electrons. The van der Waals surface area contributed by atoms with E-state index in [4.69, 9.17) is 28.9 Å². The van der Waals surface area contributed by atoms with Crippen molar-refractivity contribution in [1.82, 2.24) is 0 Å². The molecule has 0 aromatic heterocycles. The minimum Gasteiger partial charge on any atom is -0.327 e. The molecule has 14 heavy (non-hydrogen) atoms. The lowest BCUT2D eigenvalue weighted by Gasteiger charge is -2.16. The van der Waals surface area contributed by atoms with Crippen LogP contribution in [0.15, 0.2) is 18.2 Å². The summed E-state index contributed by atoms with van der Waals surface area (Å²) in [6.45, 7) is 0. The Kier molecular flexibility index (Phi) is 3.01. The molecule has 2 atom stereocenters. The molecule has 1 aromatic carbocycles. The van der Waals surface area contributed by atoms with Crippen molar-refractivity contribution in [1.29, 1.82) is 0 Å². The van der Waals surface area contributed by atoms with Gasteiger partial charge in [-0.2, -0.15) is 0 Å². The lowest BCUT2D eigenvalue weighted by atomic mass is 9.95. The molecule has 0 saturated heterocycles. The van der Waals surface area contributed by atoms with Crippen LogP contribution in [0.25, 0.3) is 0 Å². The van der Waals surface area contributed by atoms with Crippen LogP contribution in [0, 0.1) is 0 Å². The van der Waals surface area contributed by atoms with Gasteiger partial charge in [0.05, 0.1) is 10.0 Å². The van der Waals surface area contributed by atoms with Crippen molar-refractivity contribution >= 4 is 23.2 Å². The van der Waals surface area contributed by atoms with E-state index in [2.05, 4.69) is 0 Å². The summed E-state index contributed by atoms with van der Waals surface area (Å²) in [5, 5.41) is 1.24. The zero-order valence-corrected chi connectivity index (χ0v) is 9.35. The van der Waals surface area contributed by atoms with Gasteiger partial charge in [-0.3, -0.25) is 0 Å². The summed E-state index contributed by atoms with van der Waals surface area (Å²) >= 11 is 11.8. The summed E-state index contributed by atoms with van der Waals surface area (Å²) in [7, 11) is 0. The zero-order valence-electron chi connectivity index (χ0n) is 7.84. The third-order valence-corrected chi connectivity index (χ3v) is 3.68. The van der Waals surface area contributed by atoms with E-state index in [1.807, 2.05) is 18.2 Å². The van der Waals surface area contributed by atoms with Gasteiger partial charge >= 0.3 is 0 Å². The van der Waals surface area contributed by atoms with Crippen LogP contribution in [0.4, 0.5) is 0 Å². The molecule has 1 aromatic rings. The van der Waals surface area contributed by atoms with Gasteiger partial charge in [0.2, 0.25) is 0 Å². The Balaban J connectivity index is 2.28. The maximum Gasteiger partial charge on any atom is 0.0595 e. The van der Waals surface area contributed by atoms with Crippen molar-refractivity contribution in [2.24, 2.45) is 5.73 Å². The lowest BCUT2D eigenvalue weighted by Crippen LogP contribution is -2.22. The van der Waals surface area contributed by atoms with Gasteiger partial charge < -0.3 is 5.73 Å². The predicted octanol–water partition coefficient (Wildman–Crippen LogP) is 3.59. The Bertz CT molecular complexity index is 338. The second kappa shape index (κ2) is 4.09. The van der Waals surface area contributed by atoms with Crippen LogP contribution >= 0.6 is 23.2 Å². The Morgan fingerprint density at radius 3 is 2.50 bits per heavy atom. The second-order valence-corrected chi connectivity index (χ2v) is 4.69. The van der Waals surface area contributed by atoms with Crippen molar-refractivity contribution in [3.05, 3.63) is 33.8 Å². The van der Waals surface area contributed by atoms with Gasteiger partial charge in [0.15, 0.2) is 0 Å². The molecule has 0 aliphatic heterocycles. The maximum absolute atomic E-state index is 6.02. The molecule has 1 nitrogen and oxygen atoms in total. The minimum atomic E-state index is 0.284. The second-order valence-electron chi connectivity index (χ2n) is 3.87. The molecule has 1 aliphatic rings.